The summed E-state index contributed by atoms with van der Waals surface area (Å²) in [5.74, 6) is -5.17. The van der Waals surface area contributed by atoms with Gasteiger partial charge in [-0.15, -0.1) is 0 Å². The van der Waals surface area contributed by atoms with Gasteiger partial charge in [0.2, 0.25) is 11.8 Å². The molecule has 7 nitrogen and oxygen atoms in total. The van der Waals surface area contributed by atoms with Gasteiger partial charge in [-0.25, -0.2) is 4.39 Å². The molecule has 1 saturated heterocycles. The van der Waals surface area contributed by atoms with Gasteiger partial charge in [-0.2, -0.15) is 0 Å². The predicted molar refractivity (Wildman–Crippen MR) is 141 cm³/mol. The van der Waals surface area contributed by atoms with Crippen molar-refractivity contribution >= 4 is 39.3 Å². The highest BCUT2D eigenvalue weighted by molar-refractivity contribution is 9.12. The Morgan fingerprint density at radius 2 is 1.72 bits per heavy atom. The molecule has 4 aliphatic rings. The van der Waals surface area contributed by atoms with Crippen molar-refractivity contribution in [2.24, 2.45) is 17.8 Å². The van der Waals surface area contributed by atoms with Gasteiger partial charge in [0.05, 0.1) is 16.3 Å². The van der Waals surface area contributed by atoms with Crippen LogP contribution in [0, 0.1) is 23.6 Å². The number of amides is 2. The maximum atomic E-state index is 14.5. The van der Waals surface area contributed by atoms with Gasteiger partial charge in [0.15, 0.2) is 23.1 Å². The van der Waals surface area contributed by atoms with Crippen LogP contribution in [0.15, 0.2) is 75.8 Å². The number of halogens is 2. The van der Waals surface area contributed by atoms with Crippen LogP contribution in [-0.2, 0) is 25.6 Å². The highest BCUT2D eigenvalue weighted by Gasteiger charge is 2.56. The van der Waals surface area contributed by atoms with Gasteiger partial charge in [0.1, 0.15) is 5.75 Å². The number of imide groups is 1. The summed E-state index contributed by atoms with van der Waals surface area (Å²) in [6, 6.07) is 10.4. The summed E-state index contributed by atoms with van der Waals surface area (Å²) in [6.07, 6.45) is 3.92. The summed E-state index contributed by atoms with van der Waals surface area (Å²) < 4.78 is 14.6. The lowest BCUT2D eigenvalue weighted by molar-refractivity contribution is -0.140. The Morgan fingerprint density at radius 1 is 0.974 bits per heavy atom. The van der Waals surface area contributed by atoms with Crippen molar-refractivity contribution in [2.45, 2.75) is 25.2 Å². The van der Waals surface area contributed by atoms with Gasteiger partial charge in [-0.3, -0.25) is 24.1 Å². The number of benzene rings is 2. The van der Waals surface area contributed by atoms with Crippen LogP contribution < -0.4 is 0 Å². The van der Waals surface area contributed by atoms with Crippen LogP contribution in [0.3, 0.4) is 0 Å². The number of phenolic OH excluding ortho intramolecular Hbond substituents is 2. The molecule has 2 aromatic carbocycles. The lowest BCUT2D eigenvalue weighted by Gasteiger charge is -2.42. The number of carbonyl (C=O) groups is 4. The van der Waals surface area contributed by atoms with Crippen LogP contribution in [-0.4, -0.2) is 45.0 Å². The molecular weight excluding hydrogens is 569 g/mol. The Bertz CT molecular complexity index is 1560. The van der Waals surface area contributed by atoms with E-state index in [0.29, 0.717) is 17.6 Å². The largest absolute Gasteiger partial charge is 0.508 e. The molecule has 0 saturated carbocycles. The lowest BCUT2D eigenvalue weighted by Crippen LogP contribution is -2.39. The normalized spacial score (nSPS) is 26.3. The highest BCUT2D eigenvalue weighted by Crippen LogP contribution is 2.55. The molecule has 1 aliphatic heterocycles. The predicted octanol–water partition coefficient (Wildman–Crippen LogP) is 4.24. The Kier molecular flexibility index (Phi) is 6.14. The number of fused-ring (bicyclic) bond motifs is 3. The van der Waals surface area contributed by atoms with E-state index in [1.807, 2.05) is 6.08 Å². The molecule has 0 unspecified atom stereocenters. The number of Topliss-reactive ketones (excluding diaryl/α,β-unsaturated/α-hetero) is 1. The monoisotopic (exact) mass is 591 g/mol. The molecule has 6 rings (SSSR count). The number of phenols is 2. The Hall–Kier alpha value is -3.85. The number of likely N-dealkylation sites (tertiary alicyclic amines) is 1. The zero-order valence-electron chi connectivity index (χ0n) is 20.6. The van der Waals surface area contributed by atoms with Gasteiger partial charge in [-0.05, 0) is 76.5 Å². The Morgan fingerprint density at radius 3 is 2.44 bits per heavy atom. The van der Waals surface area contributed by atoms with E-state index in [9.17, 15) is 33.8 Å². The summed E-state index contributed by atoms with van der Waals surface area (Å²) in [5.41, 5.74) is 2.48. The third kappa shape index (κ3) is 4.07. The van der Waals surface area contributed by atoms with E-state index in [-0.39, 0.29) is 64.1 Å². The van der Waals surface area contributed by atoms with E-state index in [4.69, 9.17) is 0 Å². The maximum absolute atomic E-state index is 14.5. The number of hydrogen-bond donors (Lipinski definition) is 2. The number of hydrogen-bond acceptors (Lipinski definition) is 6. The van der Waals surface area contributed by atoms with E-state index in [2.05, 4.69) is 15.9 Å². The van der Waals surface area contributed by atoms with E-state index in [1.54, 1.807) is 24.3 Å². The minimum absolute atomic E-state index is 0.117. The highest BCUT2D eigenvalue weighted by atomic mass is 79.9. The zero-order chi connectivity index (χ0) is 27.6. The molecule has 2 aromatic rings. The quantitative estimate of drug-likeness (QED) is 0.312. The second-order valence-electron chi connectivity index (χ2n) is 10.3. The molecular formula is C30H23BrFNO6. The fourth-order valence-electron chi connectivity index (χ4n) is 6.48. The van der Waals surface area contributed by atoms with E-state index < -0.39 is 35.2 Å². The van der Waals surface area contributed by atoms with Crippen LogP contribution in [0.1, 0.15) is 29.9 Å². The van der Waals surface area contributed by atoms with E-state index in [0.717, 1.165) is 11.6 Å². The average Bonchev–Trinajstić information content (AvgIpc) is 3.16. The first-order valence-corrected chi connectivity index (χ1v) is 13.5. The topological polar surface area (TPSA) is 112 Å². The van der Waals surface area contributed by atoms with Gasteiger partial charge >= 0.3 is 0 Å². The molecule has 0 radical (unpaired) electrons. The number of ketones is 2. The Balaban J connectivity index is 1.38. The van der Waals surface area contributed by atoms with Crippen molar-refractivity contribution in [2.75, 3.05) is 6.54 Å². The molecule has 198 valence electrons. The number of allylic oxidation sites excluding steroid dienone is 6. The van der Waals surface area contributed by atoms with Gasteiger partial charge in [0.25, 0.3) is 0 Å². The molecule has 0 aromatic heterocycles. The fraction of sp³-hybridized carbons (Fsp3) is 0.267. The summed E-state index contributed by atoms with van der Waals surface area (Å²) in [6.45, 7) is 0.184. The first kappa shape index (κ1) is 25.4. The van der Waals surface area contributed by atoms with Gasteiger partial charge in [0, 0.05) is 29.7 Å². The molecule has 1 heterocycles. The van der Waals surface area contributed by atoms with E-state index in [1.165, 1.54) is 23.1 Å². The summed E-state index contributed by atoms with van der Waals surface area (Å²) in [7, 11) is 0. The molecule has 2 amide bonds. The molecule has 4 atom stereocenters. The van der Waals surface area contributed by atoms with Crippen LogP contribution in [0.25, 0.3) is 0 Å². The van der Waals surface area contributed by atoms with Crippen molar-refractivity contribution in [1.29, 1.82) is 0 Å². The zero-order valence-corrected chi connectivity index (χ0v) is 22.2. The molecule has 9 heteroatoms. The van der Waals surface area contributed by atoms with Crippen molar-refractivity contribution < 1.29 is 33.8 Å². The molecule has 2 N–H and O–H groups in total. The van der Waals surface area contributed by atoms with Crippen molar-refractivity contribution in [3.05, 3.63) is 92.8 Å². The first-order chi connectivity index (χ1) is 18.7. The van der Waals surface area contributed by atoms with Crippen molar-refractivity contribution in [1.82, 2.24) is 4.90 Å². The number of rotatable bonds is 4. The Labute approximate surface area is 231 Å². The molecule has 3 aliphatic carbocycles. The third-order valence-electron chi connectivity index (χ3n) is 8.29. The molecule has 1 fully saturated rings. The fourth-order valence-corrected chi connectivity index (χ4v) is 6.93. The maximum Gasteiger partial charge on any atom is 0.233 e. The molecule has 0 bridgehead atoms. The SMILES string of the molecule is O=C1C=C(Br)C(=O)C2=C1[C@@H](c1ccc(O)c(F)c1)C1=CC[C@@H]3C(=O)N(CCc4ccc(O)cc4)C(=O)[C@@H]3[C@@H]1C2. The number of carbonyl (C=O) groups excluding carboxylic acids is 4. The van der Waals surface area contributed by atoms with E-state index >= 15 is 0 Å². The van der Waals surface area contributed by atoms with Crippen molar-refractivity contribution in [3.8, 4) is 11.5 Å². The lowest BCUT2D eigenvalue weighted by atomic mass is 9.59. The van der Waals surface area contributed by atoms with Gasteiger partial charge in [-0.1, -0.05) is 29.8 Å². The second kappa shape index (κ2) is 9.41. The van der Waals surface area contributed by atoms with Gasteiger partial charge < -0.3 is 10.2 Å². The second-order valence-corrected chi connectivity index (χ2v) is 11.2. The van der Waals surface area contributed by atoms with Crippen LogP contribution in [0.4, 0.5) is 4.39 Å². The first-order valence-electron chi connectivity index (χ1n) is 12.7. The number of nitrogens with zero attached hydrogens (tertiary/aromatic N) is 1. The number of aromatic hydroxyl groups is 2. The molecule has 0 spiro atoms. The minimum atomic E-state index is -0.857. The minimum Gasteiger partial charge on any atom is -0.508 e. The van der Waals surface area contributed by atoms with Crippen LogP contribution in [0.5, 0.6) is 11.5 Å². The van der Waals surface area contributed by atoms with Crippen LogP contribution >= 0.6 is 15.9 Å². The summed E-state index contributed by atoms with van der Waals surface area (Å²) in [4.78, 5) is 54.8. The third-order valence-corrected chi connectivity index (χ3v) is 8.88. The summed E-state index contributed by atoms with van der Waals surface area (Å²) in [5, 5.41) is 19.3. The summed E-state index contributed by atoms with van der Waals surface area (Å²) >= 11 is 3.18. The standard InChI is InChI=1S/C30H23BrFNO6/c31-21-13-24(36)27-20(28(21)37)12-19-17(25(27)15-3-8-23(35)22(32)11-15)6-7-18-26(19)30(39)33(29(18)38)10-9-14-1-4-16(34)5-2-14/h1-6,8,11,13,18-19,25-26,34-35H,7,9-10,12H2/t18-,19+,25-,26-/m0/s1. The van der Waals surface area contributed by atoms with Crippen molar-refractivity contribution in [3.63, 3.8) is 0 Å². The average molecular weight is 592 g/mol. The molecule has 39 heavy (non-hydrogen) atoms. The smallest absolute Gasteiger partial charge is 0.233 e. The van der Waals surface area contributed by atoms with Crippen LogP contribution in [0.2, 0.25) is 0 Å².